The lowest BCUT2D eigenvalue weighted by Gasteiger charge is -2.26. The van der Waals surface area contributed by atoms with E-state index in [4.69, 9.17) is 0 Å². The summed E-state index contributed by atoms with van der Waals surface area (Å²) in [5.41, 5.74) is 1.61. The molecule has 0 amide bonds. The van der Waals surface area contributed by atoms with Gasteiger partial charge in [0.05, 0.1) is 7.11 Å². The van der Waals surface area contributed by atoms with Crippen molar-refractivity contribution in [1.29, 1.82) is 0 Å². The molecule has 2 rings (SSSR count). The summed E-state index contributed by atoms with van der Waals surface area (Å²) in [5, 5.41) is 19.2. The van der Waals surface area contributed by atoms with Gasteiger partial charge in [-0.15, -0.1) is 0 Å². The van der Waals surface area contributed by atoms with Crippen LogP contribution in [0.3, 0.4) is 0 Å². The van der Waals surface area contributed by atoms with Gasteiger partial charge in [-0.2, -0.15) is 0 Å². The highest BCUT2D eigenvalue weighted by molar-refractivity contribution is 5.92. The molecule has 0 unspecified atom stereocenters. The zero-order chi connectivity index (χ0) is 15.6. The Morgan fingerprint density at radius 2 is 1.57 bits per heavy atom. The fourth-order valence-electron chi connectivity index (χ4n) is 2.24. The first-order valence-electron chi connectivity index (χ1n) is 6.57. The number of esters is 1. The average Bonchev–Trinajstić information content (AvgIpc) is 2.47. The van der Waals surface area contributed by atoms with Crippen LogP contribution in [-0.2, 0) is 10.2 Å². The normalized spacial score (nSPS) is 11.2. The molecule has 0 heterocycles. The number of phenols is 2. The lowest BCUT2D eigenvalue weighted by Crippen LogP contribution is -2.19. The van der Waals surface area contributed by atoms with Gasteiger partial charge < -0.3 is 14.9 Å². The van der Waals surface area contributed by atoms with Crippen LogP contribution in [0.4, 0.5) is 0 Å². The van der Waals surface area contributed by atoms with E-state index >= 15 is 0 Å². The second kappa shape index (κ2) is 5.48. The highest BCUT2D eigenvalue weighted by atomic mass is 16.5. The number of benzene rings is 2. The molecular formula is C17H18O4. The first-order chi connectivity index (χ1) is 9.86. The van der Waals surface area contributed by atoms with E-state index < -0.39 is 5.97 Å². The highest BCUT2D eigenvalue weighted by Crippen LogP contribution is 2.34. The van der Waals surface area contributed by atoms with Crippen LogP contribution in [-0.4, -0.2) is 23.3 Å². The van der Waals surface area contributed by atoms with Crippen LogP contribution in [0.1, 0.15) is 35.3 Å². The van der Waals surface area contributed by atoms with Gasteiger partial charge in [0, 0.05) is 5.41 Å². The van der Waals surface area contributed by atoms with Crippen LogP contribution in [0, 0.1) is 0 Å². The van der Waals surface area contributed by atoms with Gasteiger partial charge in [-0.1, -0.05) is 32.0 Å². The summed E-state index contributed by atoms with van der Waals surface area (Å²) in [6, 6.07) is 11.8. The van der Waals surface area contributed by atoms with Crippen LogP contribution in [0.25, 0.3) is 0 Å². The smallest absolute Gasteiger partial charge is 0.341 e. The minimum atomic E-state index is -0.573. The summed E-state index contributed by atoms with van der Waals surface area (Å²) in [7, 11) is 1.28. The molecule has 0 radical (unpaired) electrons. The summed E-state index contributed by atoms with van der Waals surface area (Å²) in [4.78, 5) is 11.7. The van der Waals surface area contributed by atoms with Gasteiger partial charge in [0.2, 0.25) is 0 Å². The Balaban J connectivity index is 2.49. The molecule has 0 atom stereocenters. The predicted octanol–water partition coefficient (Wildman–Crippen LogP) is 3.21. The van der Waals surface area contributed by atoms with Crippen molar-refractivity contribution in [1.82, 2.24) is 0 Å². The van der Waals surface area contributed by atoms with Crippen molar-refractivity contribution >= 4 is 5.97 Å². The van der Waals surface area contributed by atoms with Gasteiger partial charge in [-0.25, -0.2) is 4.79 Å². The number of rotatable bonds is 3. The molecule has 4 nitrogen and oxygen atoms in total. The van der Waals surface area contributed by atoms with Crippen molar-refractivity contribution < 1.29 is 19.7 Å². The highest BCUT2D eigenvalue weighted by Gasteiger charge is 2.25. The van der Waals surface area contributed by atoms with Crippen molar-refractivity contribution in [2.75, 3.05) is 7.11 Å². The number of hydrogen-bond donors (Lipinski definition) is 2. The number of carbonyl (C=O) groups excluding carboxylic acids is 1. The molecule has 0 saturated carbocycles. The summed E-state index contributed by atoms with van der Waals surface area (Å²) in [5.74, 6) is -0.474. The van der Waals surface area contributed by atoms with Gasteiger partial charge in [-0.3, -0.25) is 0 Å². The van der Waals surface area contributed by atoms with Crippen LogP contribution in [0.15, 0.2) is 42.5 Å². The molecule has 0 fully saturated rings. The average molecular weight is 286 g/mol. The van der Waals surface area contributed by atoms with E-state index in [1.54, 1.807) is 24.3 Å². The third-order valence-electron chi connectivity index (χ3n) is 3.71. The third-order valence-corrected chi connectivity index (χ3v) is 3.71. The quantitative estimate of drug-likeness (QED) is 0.850. The summed E-state index contributed by atoms with van der Waals surface area (Å²) in [6.07, 6.45) is 0. The number of ether oxygens (including phenoxy) is 1. The van der Waals surface area contributed by atoms with E-state index in [0.29, 0.717) is 0 Å². The van der Waals surface area contributed by atoms with Gasteiger partial charge in [0.25, 0.3) is 0 Å². The standard InChI is InChI=1S/C17H18O4/c1-17(2,11-4-7-13(18)8-5-11)12-6-9-15(19)14(10-12)16(20)21-3/h4-10,18-19H,1-3H3. The largest absolute Gasteiger partial charge is 0.508 e. The lowest BCUT2D eigenvalue weighted by atomic mass is 9.77. The number of methoxy groups -OCH3 is 1. The molecular weight excluding hydrogens is 268 g/mol. The van der Waals surface area contributed by atoms with Gasteiger partial charge >= 0.3 is 5.97 Å². The maximum absolute atomic E-state index is 11.7. The van der Waals surface area contributed by atoms with Crippen molar-refractivity contribution in [3.05, 3.63) is 59.2 Å². The Labute approximate surface area is 123 Å². The SMILES string of the molecule is COC(=O)c1cc(C(C)(C)c2ccc(O)cc2)ccc1O. The zero-order valence-corrected chi connectivity index (χ0v) is 12.3. The third kappa shape index (κ3) is 2.84. The fourth-order valence-corrected chi connectivity index (χ4v) is 2.24. The van der Waals surface area contributed by atoms with Crippen molar-refractivity contribution in [3.63, 3.8) is 0 Å². The van der Waals surface area contributed by atoms with E-state index in [1.807, 2.05) is 26.0 Å². The second-order valence-corrected chi connectivity index (χ2v) is 5.40. The maximum atomic E-state index is 11.7. The number of hydrogen-bond acceptors (Lipinski definition) is 4. The molecule has 2 aromatic carbocycles. The Bertz CT molecular complexity index is 657. The minimum absolute atomic E-state index is 0.105. The molecule has 0 aliphatic heterocycles. The Morgan fingerprint density at radius 3 is 2.14 bits per heavy atom. The Kier molecular flexibility index (Phi) is 3.89. The Morgan fingerprint density at radius 1 is 1.00 bits per heavy atom. The molecule has 0 bridgehead atoms. The van der Waals surface area contributed by atoms with E-state index in [9.17, 15) is 15.0 Å². The number of phenolic OH excluding ortho intramolecular Hbond substituents is 2. The molecule has 2 N–H and O–H groups in total. The summed E-state index contributed by atoms with van der Waals surface area (Å²) in [6.45, 7) is 4.01. The van der Waals surface area contributed by atoms with E-state index in [2.05, 4.69) is 4.74 Å². The van der Waals surface area contributed by atoms with Crippen molar-refractivity contribution in [2.45, 2.75) is 19.3 Å². The van der Waals surface area contributed by atoms with Crippen LogP contribution < -0.4 is 0 Å². The molecule has 4 heteroatoms. The lowest BCUT2D eigenvalue weighted by molar-refractivity contribution is 0.0597. The summed E-state index contributed by atoms with van der Waals surface area (Å²) < 4.78 is 4.67. The molecule has 110 valence electrons. The van der Waals surface area contributed by atoms with E-state index in [1.165, 1.54) is 13.2 Å². The molecule has 0 aromatic heterocycles. The monoisotopic (exact) mass is 286 g/mol. The summed E-state index contributed by atoms with van der Waals surface area (Å²) >= 11 is 0. The minimum Gasteiger partial charge on any atom is -0.508 e. The first-order valence-corrected chi connectivity index (χ1v) is 6.57. The van der Waals surface area contributed by atoms with Crippen LogP contribution in [0.5, 0.6) is 11.5 Å². The predicted molar refractivity (Wildman–Crippen MR) is 79.7 cm³/mol. The van der Waals surface area contributed by atoms with Gasteiger partial charge in [-0.05, 0) is 35.4 Å². The van der Waals surface area contributed by atoms with E-state index in [-0.39, 0.29) is 22.5 Å². The van der Waals surface area contributed by atoms with Gasteiger partial charge in [0.15, 0.2) is 0 Å². The van der Waals surface area contributed by atoms with Crippen molar-refractivity contribution in [2.24, 2.45) is 0 Å². The topological polar surface area (TPSA) is 66.8 Å². The van der Waals surface area contributed by atoms with Crippen molar-refractivity contribution in [3.8, 4) is 11.5 Å². The molecule has 2 aromatic rings. The molecule has 0 aliphatic rings. The maximum Gasteiger partial charge on any atom is 0.341 e. The molecule has 21 heavy (non-hydrogen) atoms. The van der Waals surface area contributed by atoms with Crippen LogP contribution >= 0.6 is 0 Å². The van der Waals surface area contributed by atoms with E-state index in [0.717, 1.165) is 11.1 Å². The van der Waals surface area contributed by atoms with Gasteiger partial charge in [0.1, 0.15) is 17.1 Å². The van der Waals surface area contributed by atoms with Crippen LogP contribution in [0.2, 0.25) is 0 Å². The second-order valence-electron chi connectivity index (χ2n) is 5.40. The fraction of sp³-hybridized carbons (Fsp3) is 0.235. The number of carbonyl (C=O) groups is 1. The first kappa shape index (κ1) is 14.9. The molecule has 0 aliphatic carbocycles. The molecule has 0 saturated heterocycles. The molecule has 0 spiro atoms. The Hall–Kier alpha value is -2.49. The zero-order valence-electron chi connectivity index (χ0n) is 12.3. The number of aromatic hydroxyl groups is 2.